The van der Waals surface area contributed by atoms with Crippen LogP contribution in [0.15, 0.2) is 38.2 Å². The van der Waals surface area contributed by atoms with Crippen molar-refractivity contribution < 1.29 is 13.9 Å². The molecule has 0 unspecified atom stereocenters. The minimum atomic E-state index is -0.547. The number of hydrogen-bond donors (Lipinski definition) is 0. The Kier molecular flexibility index (Phi) is 4.84. The van der Waals surface area contributed by atoms with Crippen molar-refractivity contribution in [1.82, 2.24) is 9.55 Å². The first-order valence-corrected chi connectivity index (χ1v) is 10.3. The summed E-state index contributed by atoms with van der Waals surface area (Å²) >= 11 is 4.96. The highest BCUT2D eigenvalue weighted by Crippen LogP contribution is 2.30. The molecule has 6 nitrogen and oxygen atoms in total. The molecule has 0 saturated carbocycles. The van der Waals surface area contributed by atoms with E-state index in [1.54, 1.807) is 13.0 Å². The largest absolute Gasteiger partial charge is 0.460 e. The van der Waals surface area contributed by atoms with Crippen LogP contribution in [0.4, 0.5) is 0 Å². The van der Waals surface area contributed by atoms with E-state index in [9.17, 15) is 9.59 Å². The van der Waals surface area contributed by atoms with Crippen molar-refractivity contribution in [1.29, 1.82) is 0 Å². The molecule has 144 valence electrons. The highest BCUT2D eigenvalue weighted by atomic mass is 79.9. The van der Waals surface area contributed by atoms with Gasteiger partial charge in [-0.1, -0.05) is 15.9 Å². The molecule has 28 heavy (non-hydrogen) atoms. The normalized spacial score (nSPS) is 11.4. The minimum Gasteiger partial charge on any atom is -0.460 e. The van der Waals surface area contributed by atoms with Gasteiger partial charge in [-0.3, -0.25) is 9.36 Å². The van der Waals surface area contributed by atoms with Gasteiger partial charge < -0.3 is 9.15 Å². The van der Waals surface area contributed by atoms with Crippen molar-refractivity contribution in [3.8, 4) is 0 Å². The molecule has 8 heteroatoms. The number of benzene rings is 1. The molecule has 0 aliphatic carbocycles. The van der Waals surface area contributed by atoms with Crippen molar-refractivity contribution in [2.75, 3.05) is 6.61 Å². The molecule has 0 spiro atoms. The Morgan fingerprint density at radius 1 is 1.36 bits per heavy atom. The third-order valence-corrected chi connectivity index (χ3v) is 6.31. The van der Waals surface area contributed by atoms with Gasteiger partial charge in [0.1, 0.15) is 10.4 Å². The van der Waals surface area contributed by atoms with Crippen molar-refractivity contribution in [3.63, 3.8) is 0 Å². The predicted molar refractivity (Wildman–Crippen MR) is 112 cm³/mol. The Morgan fingerprint density at radius 2 is 2.14 bits per heavy atom. The van der Waals surface area contributed by atoms with Crippen molar-refractivity contribution in [2.45, 2.75) is 27.3 Å². The third kappa shape index (κ3) is 3.06. The fourth-order valence-corrected chi connectivity index (χ4v) is 4.54. The number of esters is 1. The van der Waals surface area contributed by atoms with Crippen LogP contribution in [0.2, 0.25) is 0 Å². The number of thiophene rings is 1. The molecule has 0 bridgehead atoms. The summed E-state index contributed by atoms with van der Waals surface area (Å²) in [5, 5.41) is 1.37. The highest BCUT2D eigenvalue weighted by Gasteiger charge is 2.23. The van der Waals surface area contributed by atoms with Crippen LogP contribution in [0.1, 0.15) is 33.5 Å². The number of aryl methyl sites for hydroxylation is 2. The van der Waals surface area contributed by atoms with Crippen molar-refractivity contribution in [3.05, 3.63) is 61.1 Å². The lowest BCUT2D eigenvalue weighted by molar-refractivity contribution is 0.0490. The van der Waals surface area contributed by atoms with E-state index in [1.165, 1.54) is 22.2 Å². The van der Waals surface area contributed by atoms with Gasteiger partial charge in [0.2, 0.25) is 5.76 Å². The number of carbonyl (C=O) groups is 1. The fourth-order valence-electron chi connectivity index (χ4n) is 3.19. The molecular formula is C20H17BrN2O4S. The van der Waals surface area contributed by atoms with E-state index >= 15 is 0 Å². The fraction of sp³-hybridized carbons (Fsp3) is 0.250. The number of carbonyl (C=O) groups excluding carboxylic acids is 1. The van der Waals surface area contributed by atoms with Crippen molar-refractivity contribution >= 4 is 54.4 Å². The van der Waals surface area contributed by atoms with E-state index < -0.39 is 5.97 Å². The molecule has 0 fully saturated rings. The standard InChI is InChI=1S/C20H17BrN2O4S/c1-4-26-20(25)17-14(13-7-12(21)5-6-15(13)27-17)8-23-9-22-18-16(19(23)24)10(2)11(3)28-18/h5-7,9H,4,8H2,1-3H3. The van der Waals surface area contributed by atoms with Crippen LogP contribution in [0, 0.1) is 13.8 Å². The van der Waals surface area contributed by atoms with E-state index in [1.807, 2.05) is 26.0 Å². The molecule has 0 N–H and O–H groups in total. The number of rotatable bonds is 4. The maximum atomic E-state index is 13.1. The molecule has 0 aliphatic rings. The second-order valence-electron chi connectivity index (χ2n) is 6.41. The number of hydrogen-bond acceptors (Lipinski definition) is 6. The zero-order valence-corrected chi connectivity index (χ0v) is 17.9. The summed E-state index contributed by atoms with van der Waals surface area (Å²) in [7, 11) is 0. The van der Waals surface area contributed by atoms with Crippen LogP contribution in [-0.2, 0) is 11.3 Å². The number of aromatic nitrogens is 2. The topological polar surface area (TPSA) is 74.3 Å². The summed E-state index contributed by atoms with van der Waals surface area (Å²) in [6, 6.07) is 5.48. The van der Waals surface area contributed by atoms with E-state index in [-0.39, 0.29) is 24.5 Å². The zero-order valence-electron chi connectivity index (χ0n) is 15.5. The molecule has 0 radical (unpaired) electrons. The molecule has 4 rings (SSSR count). The third-order valence-electron chi connectivity index (χ3n) is 4.70. The first kappa shape index (κ1) is 18.9. The quantitative estimate of drug-likeness (QED) is 0.408. The lowest BCUT2D eigenvalue weighted by Gasteiger charge is -2.07. The zero-order chi connectivity index (χ0) is 20.0. The Hall–Kier alpha value is -2.45. The van der Waals surface area contributed by atoms with E-state index in [4.69, 9.17) is 9.15 Å². The summed E-state index contributed by atoms with van der Waals surface area (Å²) in [5.41, 5.74) is 1.97. The second kappa shape index (κ2) is 7.18. The van der Waals surface area contributed by atoms with Crippen LogP contribution in [-0.4, -0.2) is 22.1 Å². The number of halogens is 1. The first-order valence-electron chi connectivity index (χ1n) is 8.74. The Morgan fingerprint density at radius 3 is 2.89 bits per heavy atom. The number of furan rings is 1. The predicted octanol–water partition coefficient (Wildman–Crippen LogP) is 4.81. The van der Waals surface area contributed by atoms with Crippen LogP contribution in [0.3, 0.4) is 0 Å². The molecule has 3 heterocycles. The van der Waals surface area contributed by atoms with Gasteiger partial charge in [0, 0.05) is 20.3 Å². The Labute approximate surface area is 172 Å². The van der Waals surface area contributed by atoms with Crippen LogP contribution in [0.5, 0.6) is 0 Å². The number of fused-ring (bicyclic) bond motifs is 2. The molecule has 0 aliphatic heterocycles. The molecule has 0 saturated heterocycles. The molecule has 1 aromatic carbocycles. The molecule has 0 amide bonds. The SMILES string of the molecule is CCOC(=O)c1oc2ccc(Br)cc2c1Cn1cnc2sc(C)c(C)c2c1=O. The lowest BCUT2D eigenvalue weighted by Crippen LogP contribution is -2.22. The summed E-state index contributed by atoms with van der Waals surface area (Å²) in [5.74, 6) is -0.436. The molecule has 3 aromatic heterocycles. The number of ether oxygens (including phenoxy) is 1. The van der Waals surface area contributed by atoms with E-state index in [0.29, 0.717) is 16.5 Å². The van der Waals surface area contributed by atoms with Gasteiger partial charge in [0.05, 0.1) is 24.9 Å². The lowest BCUT2D eigenvalue weighted by atomic mass is 10.1. The Balaban J connectivity index is 1.91. The summed E-state index contributed by atoms with van der Waals surface area (Å²) < 4.78 is 13.3. The van der Waals surface area contributed by atoms with Gasteiger partial charge in [0.15, 0.2) is 0 Å². The average Bonchev–Trinajstić information content (AvgIpc) is 3.15. The summed E-state index contributed by atoms with van der Waals surface area (Å²) in [4.78, 5) is 31.7. The van der Waals surface area contributed by atoms with Crippen LogP contribution < -0.4 is 5.56 Å². The maximum absolute atomic E-state index is 13.1. The van der Waals surface area contributed by atoms with Crippen molar-refractivity contribution in [2.24, 2.45) is 0 Å². The van der Waals surface area contributed by atoms with Crippen LogP contribution >= 0.6 is 27.3 Å². The van der Waals surface area contributed by atoms with Gasteiger partial charge in [-0.15, -0.1) is 11.3 Å². The van der Waals surface area contributed by atoms with Gasteiger partial charge in [-0.25, -0.2) is 9.78 Å². The van der Waals surface area contributed by atoms with E-state index in [2.05, 4.69) is 20.9 Å². The summed E-state index contributed by atoms with van der Waals surface area (Å²) in [6.45, 7) is 6.04. The van der Waals surface area contributed by atoms with Gasteiger partial charge in [-0.05, 0) is 44.5 Å². The molecule has 0 atom stereocenters. The maximum Gasteiger partial charge on any atom is 0.374 e. The highest BCUT2D eigenvalue weighted by molar-refractivity contribution is 9.10. The minimum absolute atomic E-state index is 0.111. The molecule has 4 aromatic rings. The smallest absolute Gasteiger partial charge is 0.374 e. The average molecular weight is 461 g/mol. The van der Waals surface area contributed by atoms with Gasteiger partial charge >= 0.3 is 5.97 Å². The number of nitrogens with zero attached hydrogens (tertiary/aromatic N) is 2. The monoisotopic (exact) mass is 460 g/mol. The Bertz CT molecular complexity index is 1290. The second-order valence-corrected chi connectivity index (χ2v) is 8.53. The van der Waals surface area contributed by atoms with Gasteiger partial charge in [-0.2, -0.15) is 0 Å². The van der Waals surface area contributed by atoms with Gasteiger partial charge in [0.25, 0.3) is 5.56 Å². The first-order chi connectivity index (χ1) is 13.4. The molecular weight excluding hydrogens is 444 g/mol. The van der Waals surface area contributed by atoms with Crippen LogP contribution in [0.25, 0.3) is 21.2 Å². The van der Waals surface area contributed by atoms with E-state index in [0.717, 1.165) is 25.1 Å². The summed E-state index contributed by atoms with van der Waals surface area (Å²) in [6.07, 6.45) is 1.52.